The lowest BCUT2D eigenvalue weighted by Gasteiger charge is -2.46. The highest BCUT2D eigenvalue weighted by molar-refractivity contribution is 7.99. The van der Waals surface area contributed by atoms with Gasteiger partial charge in [0.15, 0.2) is 0 Å². The zero-order valence-electron chi connectivity index (χ0n) is 30.4. The number of ether oxygens (including phenoxy) is 6. The summed E-state index contributed by atoms with van der Waals surface area (Å²) >= 11 is 1.58. The minimum absolute atomic E-state index is 0.0529. The molecule has 2 amide bonds. The SMILES string of the molecule is CCOCCOCCOCCOCCSCCCO[C@]1(C(=O)O)C[C@H](O)[C@@H](NC(C)=O)[C@H]([C@H](O)[C@H](O)CNC(=O)c2ccc(-c3ccccc3)cc2)O1. The van der Waals surface area contributed by atoms with Crippen LogP contribution in [0, 0.1) is 0 Å². The largest absolute Gasteiger partial charge is 0.477 e. The van der Waals surface area contributed by atoms with Crippen LogP contribution in [0.5, 0.6) is 0 Å². The van der Waals surface area contributed by atoms with Crippen LogP contribution in [0.3, 0.4) is 0 Å². The van der Waals surface area contributed by atoms with E-state index in [9.17, 15) is 34.8 Å². The van der Waals surface area contributed by atoms with Crippen molar-refractivity contribution in [3.8, 4) is 11.1 Å². The number of rotatable bonds is 26. The molecule has 1 saturated heterocycles. The summed E-state index contributed by atoms with van der Waals surface area (Å²) in [6.07, 6.45) is -6.75. The van der Waals surface area contributed by atoms with E-state index in [1.807, 2.05) is 37.3 Å². The molecule has 1 fully saturated rings. The van der Waals surface area contributed by atoms with Crippen molar-refractivity contribution in [1.29, 1.82) is 0 Å². The molecule has 0 aromatic heterocycles. The van der Waals surface area contributed by atoms with E-state index in [0.29, 0.717) is 76.3 Å². The van der Waals surface area contributed by atoms with Crippen LogP contribution in [0.25, 0.3) is 11.1 Å². The van der Waals surface area contributed by atoms with Crippen molar-refractivity contribution in [2.45, 2.75) is 62.9 Å². The molecule has 0 aliphatic carbocycles. The molecule has 1 heterocycles. The van der Waals surface area contributed by atoms with Crippen molar-refractivity contribution in [3.05, 3.63) is 60.2 Å². The van der Waals surface area contributed by atoms with Gasteiger partial charge in [-0.2, -0.15) is 11.8 Å². The van der Waals surface area contributed by atoms with Gasteiger partial charge in [0.2, 0.25) is 5.91 Å². The number of carbonyl (C=O) groups is 3. The quantitative estimate of drug-likeness (QED) is 0.0750. The Morgan fingerprint density at radius 2 is 1.47 bits per heavy atom. The van der Waals surface area contributed by atoms with Gasteiger partial charge in [0.05, 0.1) is 71.1 Å². The van der Waals surface area contributed by atoms with Gasteiger partial charge in [0, 0.05) is 37.8 Å². The van der Waals surface area contributed by atoms with E-state index in [0.717, 1.165) is 11.1 Å². The maximum atomic E-state index is 12.8. The van der Waals surface area contributed by atoms with Gasteiger partial charge in [-0.1, -0.05) is 42.5 Å². The second-order valence-corrected chi connectivity index (χ2v) is 13.4. The second kappa shape index (κ2) is 24.3. The smallest absolute Gasteiger partial charge is 0.364 e. The van der Waals surface area contributed by atoms with Crippen LogP contribution in [0.1, 0.15) is 37.0 Å². The summed E-state index contributed by atoms with van der Waals surface area (Å²) < 4.78 is 33.1. The summed E-state index contributed by atoms with van der Waals surface area (Å²) in [6, 6.07) is 15.1. The number of thioether (sulfide) groups is 1. The molecule has 296 valence electrons. The van der Waals surface area contributed by atoms with Crippen molar-refractivity contribution in [1.82, 2.24) is 10.6 Å². The van der Waals surface area contributed by atoms with Gasteiger partial charge >= 0.3 is 5.97 Å². The minimum Gasteiger partial charge on any atom is -0.477 e. The fraction of sp³-hybridized carbons (Fsp3) is 0.595. The molecule has 0 bridgehead atoms. The van der Waals surface area contributed by atoms with E-state index in [4.69, 9.17) is 28.4 Å². The first kappa shape index (κ1) is 44.2. The van der Waals surface area contributed by atoms with Crippen LogP contribution in [0.4, 0.5) is 0 Å². The van der Waals surface area contributed by atoms with E-state index in [2.05, 4.69) is 10.6 Å². The molecule has 6 N–H and O–H groups in total. The first-order valence-corrected chi connectivity index (χ1v) is 18.9. The Bertz CT molecular complexity index is 1360. The predicted octanol–water partition coefficient (Wildman–Crippen LogP) is 1.47. The van der Waals surface area contributed by atoms with E-state index < -0.39 is 67.0 Å². The Morgan fingerprint density at radius 3 is 2.08 bits per heavy atom. The third-order valence-corrected chi connectivity index (χ3v) is 9.22. The monoisotopic (exact) mass is 766 g/mol. The van der Waals surface area contributed by atoms with Gasteiger partial charge in [-0.25, -0.2) is 4.79 Å². The first-order chi connectivity index (χ1) is 25.6. The summed E-state index contributed by atoms with van der Waals surface area (Å²) in [5.41, 5.74) is 2.20. The number of nitrogens with one attached hydrogen (secondary N) is 2. The summed E-state index contributed by atoms with van der Waals surface area (Å²) in [4.78, 5) is 37.3. The minimum atomic E-state index is -2.37. The standard InChI is InChI=1S/C37H54N2O13S/c1-3-47-15-16-48-17-18-49-19-20-50-21-23-53-22-7-14-51-37(36(45)46)24-30(41)32(39-26(2)40)34(52-37)33(43)31(42)25-38-35(44)29-12-10-28(11-13-29)27-8-5-4-6-9-27/h4-6,8-13,30-34,41-43H,3,7,14-25H2,1-2H3,(H,38,44)(H,39,40)(H,45,46)/t30-,31+,32+,33+,34+,37+/m0/s1. The van der Waals surface area contributed by atoms with Gasteiger partial charge < -0.3 is 59.5 Å². The van der Waals surface area contributed by atoms with Crippen molar-refractivity contribution < 1.29 is 63.2 Å². The molecule has 6 atom stereocenters. The normalized spacial score (nSPS) is 21.1. The number of aliphatic hydroxyl groups excluding tert-OH is 3. The van der Waals surface area contributed by atoms with E-state index in [1.165, 1.54) is 6.92 Å². The van der Waals surface area contributed by atoms with E-state index in [1.54, 1.807) is 36.0 Å². The van der Waals surface area contributed by atoms with E-state index >= 15 is 0 Å². The lowest BCUT2D eigenvalue weighted by molar-refractivity contribution is -0.310. The Balaban J connectivity index is 1.44. The highest BCUT2D eigenvalue weighted by Gasteiger charge is 2.55. The van der Waals surface area contributed by atoms with Gasteiger partial charge in [-0.3, -0.25) is 9.59 Å². The predicted molar refractivity (Wildman–Crippen MR) is 197 cm³/mol. The van der Waals surface area contributed by atoms with Crippen molar-refractivity contribution in [2.24, 2.45) is 0 Å². The second-order valence-electron chi connectivity index (χ2n) is 12.2. The maximum Gasteiger partial charge on any atom is 0.364 e. The maximum absolute atomic E-state index is 12.8. The number of carbonyl (C=O) groups excluding carboxylic acids is 2. The van der Waals surface area contributed by atoms with Crippen molar-refractivity contribution >= 4 is 29.5 Å². The molecule has 2 aromatic carbocycles. The molecule has 0 radical (unpaired) electrons. The molecular weight excluding hydrogens is 712 g/mol. The van der Waals surface area contributed by atoms with Crippen LogP contribution in [0.15, 0.2) is 54.6 Å². The zero-order chi connectivity index (χ0) is 38.5. The molecule has 2 aromatic rings. The van der Waals surface area contributed by atoms with E-state index in [-0.39, 0.29) is 6.61 Å². The molecule has 53 heavy (non-hydrogen) atoms. The topological polar surface area (TPSA) is 212 Å². The molecule has 1 aliphatic heterocycles. The van der Waals surface area contributed by atoms with Crippen LogP contribution in [-0.2, 0) is 38.0 Å². The summed E-state index contributed by atoms with van der Waals surface area (Å²) in [6.45, 7) is 6.73. The number of carboxylic acid groups (broad SMARTS) is 1. The van der Waals surface area contributed by atoms with Crippen LogP contribution >= 0.6 is 11.8 Å². The average Bonchev–Trinajstić information content (AvgIpc) is 3.15. The van der Waals surface area contributed by atoms with Crippen LogP contribution in [-0.4, -0.2) is 152 Å². The van der Waals surface area contributed by atoms with Crippen LogP contribution < -0.4 is 10.6 Å². The Hall–Kier alpha value is -3.16. The Labute approximate surface area is 314 Å². The molecule has 0 spiro atoms. The third kappa shape index (κ3) is 15.2. The molecule has 0 saturated carbocycles. The number of aliphatic hydroxyl groups is 3. The first-order valence-electron chi connectivity index (χ1n) is 17.8. The highest BCUT2D eigenvalue weighted by atomic mass is 32.2. The Kier molecular flexibility index (Phi) is 20.3. The molecular formula is C37H54N2O13S. The molecule has 3 rings (SSSR count). The van der Waals surface area contributed by atoms with Crippen molar-refractivity contribution in [3.63, 3.8) is 0 Å². The highest BCUT2D eigenvalue weighted by Crippen LogP contribution is 2.34. The Morgan fingerprint density at radius 1 is 0.868 bits per heavy atom. The fourth-order valence-corrected chi connectivity index (χ4v) is 6.22. The summed E-state index contributed by atoms with van der Waals surface area (Å²) in [5.74, 6) is -3.70. The van der Waals surface area contributed by atoms with Crippen LogP contribution in [0.2, 0.25) is 0 Å². The molecule has 16 heteroatoms. The van der Waals surface area contributed by atoms with Gasteiger partial charge in [0.1, 0.15) is 12.2 Å². The number of hydrogen-bond acceptors (Lipinski definition) is 13. The lowest BCUT2D eigenvalue weighted by atomic mass is 9.88. The molecule has 1 aliphatic rings. The zero-order valence-corrected chi connectivity index (χ0v) is 31.2. The number of benzene rings is 2. The summed E-state index contributed by atoms with van der Waals surface area (Å²) in [7, 11) is 0. The number of hydrogen-bond donors (Lipinski definition) is 6. The molecule has 0 unspecified atom stereocenters. The fourth-order valence-electron chi connectivity index (χ4n) is 5.46. The number of amides is 2. The van der Waals surface area contributed by atoms with Gasteiger partial charge in [0.25, 0.3) is 11.7 Å². The average molecular weight is 767 g/mol. The lowest BCUT2D eigenvalue weighted by Crippen LogP contribution is -2.68. The van der Waals surface area contributed by atoms with Gasteiger partial charge in [-0.05, 0) is 42.4 Å². The third-order valence-electron chi connectivity index (χ3n) is 8.19. The van der Waals surface area contributed by atoms with Gasteiger partial charge in [-0.15, -0.1) is 0 Å². The molecule has 15 nitrogen and oxygen atoms in total. The summed E-state index contributed by atoms with van der Waals surface area (Å²) in [5, 5.41) is 48.2. The number of aliphatic carboxylic acids is 1. The van der Waals surface area contributed by atoms with Crippen molar-refractivity contribution in [2.75, 3.05) is 77.5 Å². The number of carboxylic acids is 1.